The molecule has 0 spiro atoms. The summed E-state index contributed by atoms with van der Waals surface area (Å²) >= 11 is 0. The summed E-state index contributed by atoms with van der Waals surface area (Å²) in [5.41, 5.74) is 11.9. The van der Waals surface area contributed by atoms with E-state index in [1.165, 1.54) is 12.1 Å². The van der Waals surface area contributed by atoms with Gasteiger partial charge in [0.2, 0.25) is 0 Å². The Kier molecular flexibility index (Phi) is 5.62. The molecule has 0 amide bonds. The predicted octanol–water partition coefficient (Wildman–Crippen LogP) is 1.60. The first-order valence-electron chi connectivity index (χ1n) is 3.95. The lowest BCUT2D eigenvalue weighted by molar-refractivity contribution is 0.611. The summed E-state index contributed by atoms with van der Waals surface area (Å²) in [5.74, 6) is -0.250. The van der Waals surface area contributed by atoms with Crippen LogP contribution in [0, 0.1) is 5.82 Å². The molecule has 0 heterocycles. The first-order valence-corrected chi connectivity index (χ1v) is 3.95. The highest BCUT2D eigenvalue weighted by Gasteiger charge is 2.04. The Morgan fingerprint density at radius 1 is 1.38 bits per heavy atom. The summed E-state index contributed by atoms with van der Waals surface area (Å²) < 4.78 is 12.7. The van der Waals surface area contributed by atoms with Gasteiger partial charge >= 0.3 is 0 Å². The fourth-order valence-corrected chi connectivity index (χ4v) is 1.08. The zero-order valence-corrected chi connectivity index (χ0v) is 8.06. The van der Waals surface area contributed by atoms with E-state index in [0.717, 1.165) is 5.56 Å². The van der Waals surface area contributed by atoms with Crippen molar-refractivity contribution in [2.75, 3.05) is 6.54 Å². The van der Waals surface area contributed by atoms with Gasteiger partial charge in [-0.3, -0.25) is 0 Å². The van der Waals surface area contributed by atoms with Crippen LogP contribution in [0.4, 0.5) is 4.39 Å². The molecule has 0 aliphatic heterocycles. The molecular formula is C9H14ClFN2. The number of nitrogens with two attached hydrogens (primary N) is 2. The Balaban J connectivity index is 0.00000144. The van der Waals surface area contributed by atoms with Crippen LogP contribution in [0.1, 0.15) is 18.0 Å². The second-order valence-electron chi connectivity index (χ2n) is 2.74. The fraction of sp³-hybridized carbons (Fsp3) is 0.333. The van der Waals surface area contributed by atoms with Crippen LogP contribution in [0.3, 0.4) is 0 Å². The van der Waals surface area contributed by atoms with Crippen LogP contribution in [-0.4, -0.2) is 6.54 Å². The molecule has 13 heavy (non-hydrogen) atoms. The van der Waals surface area contributed by atoms with Gasteiger partial charge in [0.15, 0.2) is 0 Å². The third-order valence-electron chi connectivity index (χ3n) is 1.75. The van der Waals surface area contributed by atoms with Gasteiger partial charge in [-0.2, -0.15) is 0 Å². The van der Waals surface area contributed by atoms with Crippen LogP contribution in [0.15, 0.2) is 24.3 Å². The van der Waals surface area contributed by atoms with Gasteiger partial charge in [-0.05, 0) is 30.7 Å². The van der Waals surface area contributed by atoms with E-state index >= 15 is 0 Å². The van der Waals surface area contributed by atoms with Crippen molar-refractivity contribution in [2.24, 2.45) is 11.5 Å². The maximum absolute atomic E-state index is 12.7. The molecule has 0 aliphatic rings. The molecule has 0 unspecified atom stereocenters. The van der Waals surface area contributed by atoms with E-state index in [0.29, 0.717) is 13.0 Å². The molecule has 0 saturated heterocycles. The quantitative estimate of drug-likeness (QED) is 0.786. The van der Waals surface area contributed by atoms with Gasteiger partial charge in [0, 0.05) is 6.04 Å². The van der Waals surface area contributed by atoms with E-state index < -0.39 is 0 Å². The molecule has 74 valence electrons. The maximum atomic E-state index is 12.7. The van der Waals surface area contributed by atoms with E-state index in [9.17, 15) is 4.39 Å². The monoisotopic (exact) mass is 204 g/mol. The number of rotatable bonds is 3. The second kappa shape index (κ2) is 5.91. The number of halogens is 2. The summed E-state index contributed by atoms with van der Waals surface area (Å²) in [6.45, 7) is 0.525. The summed E-state index contributed by atoms with van der Waals surface area (Å²) in [6.07, 6.45) is 0.684. The summed E-state index contributed by atoms with van der Waals surface area (Å²) in [5, 5.41) is 0. The van der Waals surface area contributed by atoms with Crippen molar-refractivity contribution in [1.82, 2.24) is 0 Å². The number of hydrogen-bond acceptors (Lipinski definition) is 2. The van der Waals surface area contributed by atoms with Gasteiger partial charge in [-0.1, -0.05) is 12.1 Å². The van der Waals surface area contributed by atoms with Crippen molar-refractivity contribution in [3.63, 3.8) is 0 Å². The molecule has 0 aromatic heterocycles. The predicted molar refractivity (Wildman–Crippen MR) is 54.2 cm³/mol. The first kappa shape index (κ1) is 12.4. The molecule has 1 rings (SSSR count). The Hall–Kier alpha value is -0.640. The van der Waals surface area contributed by atoms with Crippen molar-refractivity contribution in [3.8, 4) is 0 Å². The van der Waals surface area contributed by atoms with Crippen molar-refractivity contribution >= 4 is 12.4 Å². The van der Waals surface area contributed by atoms with Crippen LogP contribution in [0.25, 0.3) is 0 Å². The molecule has 4 N–H and O–H groups in total. The largest absolute Gasteiger partial charge is 0.330 e. The lowest BCUT2D eigenvalue weighted by Gasteiger charge is -2.09. The third kappa shape index (κ3) is 3.72. The van der Waals surface area contributed by atoms with E-state index in [1.54, 1.807) is 6.07 Å². The number of hydrogen-bond donors (Lipinski definition) is 2. The summed E-state index contributed by atoms with van der Waals surface area (Å²) in [4.78, 5) is 0. The van der Waals surface area contributed by atoms with Crippen molar-refractivity contribution in [1.29, 1.82) is 0 Å². The van der Waals surface area contributed by atoms with Gasteiger partial charge in [-0.15, -0.1) is 12.4 Å². The van der Waals surface area contributed by atoms with Crippen molar-refractivity contribution < 1.29 is 4.39 Å². The molecule has 1 aromatic rings. The normalized spacial score (nSPS) is 11.9. The average Bonchev–Trinajstić information content (AvgIpc) is 2.05. The van der Waals surface area contributed by atoms with Gasteiger partial charge < -0.3 is 11.5 Å². The van der Waals surface area contributed by atoms with Crippen LogP contribution >= 0.6 is 12.4 Å². The van der Waals surface area contributed by atoms with Gasteiger partial charge in [0.1, 0.15) is 5.82 Å². The lowest BCUT2D eigenvalue weighted by Crippen LogP contribution is -2.15. The highest BCUT2D eigenvalue weighted by Crippen LogP contribution is 2.13. The van der Waals surface area contributed by atoms with Crippen LogP contribution in [0.5, 0.6) is 0 Å². The number of benzene rings is 1. The van der Waals surface area contributed by atoms with Crippen LogP contribution < -0.4 is 11.5 Å². The molecule has 0 bridgehead atoms. The maximum Gasteiger partial charge on any atom is 0.123 e. The SMILES string of the molecule is Cl.NCC[C@H](N)c1cccc(F)c1. The second-order valence-corrected chi connectivity index (χ2v) is 2.74. The molecule has 0 radical (unpaired) electrons. The molecular weight excluding hydrogens is 191 g/mol. The molecule has 4 heteroatoms. The smallest absolute Gasteiger partial charge is 0.123 e. The van der Waals surface area contributed by atoms with E-state index in [4.69, 9.17) is 11.5 Å². The Morgan fingerprint density at radius 3 is 2.62 bits per heavy atom. The zero-order chi connectivity index (χ0) is 8.97. The van der Waals surface area contributed by atoms with Crippen molar-refractivity contribution in [2.45, 2.75) is 12.5 Å². The highest BCUT2D eigenvalue weighted by atomic mass is 35.5. The molecule has 0 aliphatic carbocycles. The Labute approximate surface area is 83.5 Å². The molecule has 1 atom stereocenters. The fourth-order valence-electron chi connectivity index (χ4n) is 1.08. The summed E-state index contributed by atoms with van der Waals surface area (Å²) in [7, 11) is 0. The summed E-state index contributed by atoms with van der Waals surface area (Å²) in [6, 6.07) is 6.16. The van der Waals surface area contributed by atoms with Crippen molar-refractivity contribution in [3.05, 3.63) is 35.6 Å². The topological polar surface area (TPSA) is 52.0 Å². The molecule has 0 saturated carbocycles. The molecule has 1 aromatic carbocycles. The zero-order valence-electron chi connectivity index (χ0n) is 7.24. The van der Waals surface area contributed by atoms with Gasteiger partial charge in [-0.25, -0.2) is 4.39 Å². The first-order chi connectivity index (χ1) is 5.74. The van der Waals surface area contributed by atoms with E-state index in [1.807, 2.05) is 6.07 Å². The minimum atomic E-state index is -0.250. The molecule has 0 fully saturated rings. The minimum Gasteiger partial charge on any atom is -0.330 e. The Bertz CT molecular complexity index is 255. The van der Waals surface area contributed by atoms with E-state index in [-0.39, 0.29) is 24.3 Å². The average molecular weight is 205 g/mol. The minimum absolute atomic E-state index is 0. The lowest BCUT2D eigenvalue weighted by atomic mass is 10.1. The Morgan fingerprint density at radius 2 is 2.08 bits per heavy atom. The van der Waals surface area contributed by atoms with E-state index in [2.05, 4.69) is 0 Å². The van der Waals surface area contributed by atoms with Crippen LogP contribution in [0.2, 0.25) is 0 Å². The third-order valence-corrected chi connectivity index (χ3v) is 1.75. The molecule has 2 nitrogen and oxygen atoms in total. The van der Waals surface area contributed by atoms with Gasteiger partial charge in [0.25, 0.3) is 0 Å². The van der Waals surface area contributed by atoms with Crippen LogP contribution in [-0.2, 0) is 0 Å². The highest BCUT2D eigenvalue weighted by molar-refractivity contribution is 5.85. The standard InChI is InChI=1S/C9H13FN2.ClH/c10-8-3-1-2-7(6-8)9(12)4-5-11;/h1-3,6,9H,4-5,11-12H2;1H/t9-;/m0./s1. The van der Waals surface area contributed by atoms with Gasteiger partial charge in [0.05, 0.1) is 0 Å².